The molecule has 0 amide bonds. The Morgan fingerprint density at radius 1 is 1.40 bits per heavy atom. The van der Waals surface area contributed by atoms with Gasteiger partial charge in [-0.2, -0.15) is 0 Å². The minimum absolute atomic E-state index is 0.0664. The second-order valence-electron chi connectivity index (χ2n) is 4.78. The number of hydrogen-bond acceptors (Lipinski definition) is 5. The van der Waals surface area contributed by atoms with E-state index in [4.69, 9.17) is 4.74 Å². The number of aromatic nitrogens is 2. The Bertz CT molecular complexity index is 445. The number of hydrogen-bond donors (Lipinski definition) is 1. The van der Waals surface area contributed by atoms with E-state index in [1.54, 1.807) is 0 Å². The van der Waals surface area contributed by atoms with E-state index in [9.17, 15) is 9.90 Å². The topological polar surface area (TPSA) is 75.5 Å². The van der Waals surface area contributed by atoms with Crippen molar-refractivity contribution in [3.8, 4) is 5.75 Å². The molecule has 0 unspecified atom stereocenters. The van der Waals surface area contributed by atoms with E-state index in [2.05, 4.69) is 28.7 Å². The number of carboxylic acid groups (broad SMARTS) is 1. The van der Waals surface area contributed by atoms with Crippen LogP contribution in [0.5, 0.6) is 5.75 Å². The van der Waals surface area contributed by atoms with Crippen LogP contribution in [0.4, 0.5) is 0 Å². The smallest absolute Gasteiger partial charge is 0.358 e. The lowest BCUT2D eigenvalue weighted by Crippen LogP contribution is -2.28. The van der Waals surface area contributed by atoms with Crippen LogP contribution in [0.2, 0.25) is 0 Å². The first-order valence-electron chi connectivity index (χ1n) is 6.94. The van der Waals surface area contributed by atoms with Crippen molar-refractivity contribution < 1.29 is 14.6 Å². The number of rotatable bonds is 8. The quantitative estimate of drug-likeness (QED) is 0.785. The van der Waals surface area contributed by atoms with Crippen LogP contribution in [0.15, 0.2) is 6.20 Å². The van der Waals surface area contributed by atoms with Gasteiger partial charge in [0, 0.05) is 12.5 Å². The predicted molar refractivity (Wildman–Crippen MR) is 76.4 cm³/mol. The molecule has 1 heterocycles. The second kappa shape index (κ2) is 7.79. The van der Waals surface area contributed by atoms with Gasteiger partial charge in [0.25, 0.3) is 0 Å². The summed E-state index contributed by atoms with van der Waals surface area (Å²) in [6.07, 6.45) is 1.45. The van der Waals surface area contributed by atoms with E-state index in [1.807, 2.05) is 13.8 Å². The highest BCUT2D eigenvalue weighted by Gasteiger charge is 2.17. The van der Waals surface area contributed by atoms with Crippen molar-refractivity contribution in [2.75, 3.05) is 26.2 Å². The zero-order valence-electron chi connectivity index (χ0n) is 12.6. The van der Waals surface area contributed by atoms with Crippen LogP contribution >= 0.6 is 0 Å². The summed E-state index contributed by atoms with van der Waals surface area (Å²) >= 11 is 0. The van der Waals surface area contributed by atoms with Crippen molar-refractivity contribution in [1.29, 1.82) is 0 Å². The molecule has 0 aliphatic rings. The van der Waals surface area contributed by atoms with E-state index in [1.165, 1.54) is 6.20 Å². The van der Waals surface area contributed by atoms with Crippen molar-refractivity contribution in [2.24, 2.45) is 0 Å². The fraction of sp³-hybridized carbons (Fsp3) is 0.643. The number of likely N-dealkylation sites (N-methyl/N-ethyl adjacent to an activating group) is 1. The summed E-state index contributed by atoms with van der Waals surface area (Å²) in [6.45, 7) is 11.0. The van der Waals surface area contributed by atoms with Gasteiger partial charge in [0.2, 0.25) is 0 Å². The Hall–Kier alpha value is -1.69. The van der Waals surface area contributed by atoms with Crippen molar-refractivity contribution in [3.05, 3.63) is 17.7 Å². The number of carboxylic acids is 1. The Kier molecular flexibility index (Phi) is 6.38. The molecule has 1 aromatic heterocycles. The molecule has 0 aliphatic heterocycles. The van der Waals surface area contributed by atoms with Crippen LogP contribution in [0.3, 0.4) is 0 Å². The van der Waals surface area contributed by atoms with Gasteiger partial charge in [-0.3, -0.25) is 0 Å². The average Bonchev–Trinajstić information content (AvgIpc) is 2.43. The molecular formula is C14H23N3O3. The number of nitrogens with zero attached hydrogens (tertiary/aromatic N) is 3. The van der Waals surface area contributed by atoms with Crippen LogP contribution in [-0.2, 0) is 0 Å². The van der Waals surface area contributed by atoms with Gasteiger partial charge in [-0.05, 0) is 13.1 Å². The van der Waals surface area contributed by atoms with E-state index in [0.29, 0.717) is 12.4 Å². The second-order valence-corrected chi connectivity index (χ2v) is 4.78. The van der Waals surface area contributed by atoms with Gasteiger partial charge in [0.15, 0.2) is 11.4 Å². The molecule has 0 aliphatic carbocycles. The normalized spacial score (nSPS) is 11.1. The van der Waals surface area contributed by atoms with Gasteiger partial charge in [0.1, 0.15) is 12.4 Å². The third kappa shape index (κ3) is 4.45. The number of aromatic carboxylic acids is 1. The van der Waals surface area contributed by atoms with Gasteiger partial charge in [-0.1, -0.05) is 27.7 Å². The Morgan fingerprint density at radius 2 is 2.05 bits per heavy atom. The largest absolute Gasteiger partial charge is 0.488 e. The van der Waals surface area contributed by atoms with Crippen LogP contribution < -0.4 is 4.74 Å². The van der Waals surface area contributed by atoms with Gasteiger partial charge >= 0.3 is 5.97 Å². The zero-order valence-corrected chi connectivity index (χ0v) is 12.6. The molecule has 1 aromatic rings. The third-order valence-electron chi connectivity index (χ3n) is 3.05. The van der Waals surface area contributed by atoms with Crippen LogP contribution in [0.25, 0.3) is 0 Å². The molecule has 0 atom stereocenters. The highest BCUT2D eigenvalue weighted by molar-refractivity contribution is 5.88. The molecule has 20 heavy (non-hydrogen) atoms. The summed E-state index contributed by atoms with van der Waals surface area (Å²) in [4.78, 5) is 21.6. The molecule has 0 radical (unpaired) electrons. The van der Waals surface area contributed by atoms with Crippen molar-refractivity contribution >= 4 is 5.97 Å². The lowest BCUT2D eigenvalue weighted by atomic mass is 10.2. The van der Waals surface area contributed by atoms with Gasteiger partial charge in [-0.25, -0.2) is 14.8 Å². The Morgan fingerprint density at radius 3 is 2.55 bits per heavy atom. The molecule has 0 spiro atoms. The monoisotopic (exact) mass is 281 g/mol. The number of carbonyl (C=O) groups is 1. The molecule has 1 N–H and O–H groups in total. The average molecular weight is 281 g/mol. The maximum atomic E-state index is 11.2. The Labute approximate surface area is 119 Å². The molecule has 0 aromatic carbocycles. The first-order chi connectivity index (χ1) is 9.49. The lowest BCUT2D eigenvalue weighted by molar-refractivity contribution is 0.0683. The minimum atomic E-state index is -1.09. The molecule has 0 fully saturated rings. The summed E-state index contributed by atoms with van der Waals surface area (Å²) in [5, 5.41) is 9.19. The maximum absolute atomic E-state index is 11.2. The molecule has 0 saturated heterocycles. The van der Waals surface area contributed by atoms with Crippen LogP contribution in [0, 0.1) is 0 Å². The SMILES string of the molecule is CCN(CC)CCOc1cnc(C(C)C)nc1C(=O)O. The molecule has 1 rings (SSSR count). The standard InChI is InChI=1S/C14H23N3O3/c1-5-17(6-2)7-8-20-11-9-15-13(10(3)4)16-12(11)14(18)19/h9-10H,5-8H2,1-4H3,(H,18,19). The predicted octanol–water partition coefficient (Wildman–Crippen LogP) is 2.02. The van der Waals surface area contributed by atoms with E-state index >= 15 is 0 Å². The minimum Gasteiger partial charge on any atom is -0.488 e. The number of ether oxygens (including phenoxy) is 1. The summed E-state index contributed by atoms with van der Waals surface area (Å²) in [6, 6.07) is 0. The highest BCUT2D eigenvalue weighted by atomic mass is 16.5. The first kappa shape index (κ1) is 16.4. The van der Waals surface area contributed by atoms with Crippen molar-refractivity contribution in [2.45, 2.75) is 33.6 Å². The van der Waals surface area contributed by atoms with Gasteiger partial charge < -0.3 is 14.7 Å². The summed E-state index contributed by atoms with van der Waals surface area (Å²) in [7, 11) is 0. The van der Waals surface area contributed by atoms with Crippen molar-refractivity contribution in [3.63, 3.8) is 0 Å². The van der Waals surface area contributed by atoms with E-state index < -0.39 is 5.97 Å². The van der Waals surface area contributed by atoms with Crippen LogP contribution in [0.1, 0.15) is 49.9 Å². The van der Waals surface area contributed by atoms with Crippen molar-refractivity contribution in [1.82, 2.24) is 14.9 Å². The lowest BCUT2D eigenvalue weighted by Gasteiger charge is -2.18. The first-order valence-corrected chi connectivity index (χ1v) is 6.94. The van der Waals surface area contributed by atoms with Crippen LogP contribution in [-0.4, -0.2) is 52.2 Å². The summed E-state index contributed by atoms with van der Waals surface area (Å²) in [5.41, 5.74) is -0.0664. The zero-order chi connectivity index (χ0) is 15.1. The molecule has 112 valence electrons. The third-order valence-corrected chi connectivity index (χ3v) is 3.05. The van der Waals surface area contributed by atoms with Gasteiger partial charge in [0.05, 0.1) is 6.20 Å². The van der Waals surface area contributed by atoms with E-state index in [-0.39, 0.29) is 17.4 Å². The Balaban J connectivity index is 2.76. The summed E-state index contributed by atoms with van der Waals surface area (Å²) in [5.74, 6) is -0.266. The van der Waals surface area contributed by atoms with E-state index in [0.717, 1.165) is 19.6 Å². The summed E-state index contributed by atoms with van der Waals surface area (Å²) < 4.78 is 5.52. The maximum Gasteiger partial charge on any atom is 0.358 e. The van der Waals surface area contributed by atoms with Gasteiger partial charge in [-0.15, -0.1) is 0 Å². The molecule has 0 saturated carbocycles. The molecule has 0 bridgehead atoms. The molecule has 6 nitrogen and oxygen atoms in total. The molecular weight excluding hydrogens is 258 g/mol. The highest BCUT2D eigenvalue weighted by Crippen LogP contribution is 2.18. The fourth-order valence-electron chi connectivity index (χ4n) is 1.75. The fourth-order valence-corrected chi connectivity index (χ4v) is 1.75. The molecule has 6 heteroatoms.